The second-order valence-electron chi connectivity index (χ2n) is 4.83. The second-order valence-corrected chi connectivity index (χ2v) is 6.24. The summed E-state index contributed by atoms with van der Waals surface area (Å²) < 4.78 is 34.0. The minimum Gasteiger partial charge on any atom is -0.478 e. The van der Waals surface area contributed by atoms with E-state index in [0.29, 0.717) is 0 Å². The average Bonchev–Trinajstić information content (AvgIpc) is 2.66. The summed E-state index contributed by atoms with van der Waals surface area (Å²) in [7, 11) is -4.70. The highest BCUT2D eigenvalue weighted by molar-refractivity contribution is 7.86. The molecule has 0 aliphatic carbocycles. The van der Waals surface area contributed by atoms with Crippen molar-refractivity contribution in [1.29, 1.82) is 0 Å². The van der Waals surface area contributed by atoms with E-state index in [-0.39, 0.29) is 29.9 Å². The molecule has 1 aromatic carbocycles. The lowest BCUT2D eigenvalue weighted by atomic mass is 10.1. The van der Waals surface area contributed by atoms with E-state index in [1.54, 1.807) is 0 Å². The molecule has 0 spiro atoms. The molecule has 21 heavy (non-hydrogen) atoms. The van der Waals surface area contributed by atoms with Crippen molar-refractivity contribution in [2.75, 3.05) is 22.9 Å². The first-order valence-electron chi connectivity index (χ1n) is 6.03. The third-order valence-corrected chi connectivity index (χ3v) is 4.08. The molecular formula is C12H13FN2O5S. The fourth-order valence-electron chi connectivity index (χ4n) is 2.43. The van der Waals surface area contributed by atoms with Crippen LogP contribution in [0.2, 0.25) is 0 Å². The van der Waals surface area contributed by atoms with Gasteiger partial charge in [-0.1, -0.05) is 6.07 Å². The number of benzene rings is 1. The van der Waals surface area contributed by atoms with Gasteiger partial charge in [-0.2, -0.15) is 8.42 Å². The lowest BCUT2D eigenvalue weighted by Crippen LogP contribution is -2.28. The summed E-state index contributed by atoms with van der Waals surface area (Å²) >= 11 is 0. The Bertz CT molecular complexity index is 704. The Morgan fingerprint density at radius 3 is 2.71 bits per heavy atom. The minimum absolute atomic E-state index is 0.0220. The first-order chi connectivity index (χ1) is 9.69. The van der Waals surface area contributed by atoms with Crippen LogP contribution in [0.1, 0.15) is 16.8 Å². The molecule has 1 fully saturated rings. The van der Waals surface area contributed by atoms with Gasteiger partial charge >= 0.3 is 16.2 Å². The Balaban J connectivity index is 2.36. The fourth-order valence-corrected chi connectivity index (χ4v) is 3.21. The predicted molar refractivity (Wildman–Crippen MR) is 73.2 cm³/mol. The standard InChI is InChI=1S/C12H13FN2O5S/c13-21(19,20)6-7-4-10(16)15(5-7)11-8(12(17)18)2-1-3-9(11)14/h1-3,7H,4-6,14H2,(H,17,18). The van der Waals surface area contributed by atoms with E-state index in [2.05, 4.69) is 0 Å². The lowest BCUT2D eigenvalue weighted by Gasteiger charge is -2.20. The number of carboxylic acids is 1. The number of carbonyl (C=O) groups is 2. The number of amides is 1. The van der Waals surface area contributed by atoms with Gasteiger partial charge in [-0.15, -0.1) is 3.89 Å². The number of nitrogens with zero attached hydrogens (tertiary/aromatic N) is 1. The first-order valence-corrected chi connectivity index (χ1v) is 7.59. The Kier molecular flexibility index (Phi) is 3.86. The van der Waals surface area contributed by atoms with Crippen molar-refractivity contribution in [2.24, 2.45) is 5.92 Å². The van der Waals surface area contributed by atoms with Crippen LogP contribution >= 0.6 is 0 Å². The van der Waals surface area contributed by atoms with Crippen LogP contribution in [0.5, 0.6) is 0 Å². The van der Waals surface area contributed by atoms with Crippen molar-refractivity contribution in [3.8, 4) is 0 Å². The van der Waals surface area contributed by atoms with Gasteiger partial charge in [0.2, 0.25) is 5.91 Å². The van der Waals surface area contributed by atoms with Crippen LogP contribution in [0.4, 0.5) is 15.3 Å². The molecule has 0 saturated carbocycles. The number of nitrogens with two attached hydrogens (primary N) is 1. The van der Waals surface area contributed by atoms with Gasteiger partial charge in [0.15, 0.2) is 0 Å². The Morgan fingerprint density at radius 2 is 2.14 bits per heavy atom. The van der Waals surface area contributed by atoms with Gasteiger partial charge in [-0.25, -0.2) is 4.79 Å². The maximum absolute atomic E-state index is 12.7. The van der Waals surface area contributed by atoms with E-state index in [9.17, 15) is 21.9 Å². The summed E-state index contributed by atoms with van der Waals surface area (Å²) in [4.78, 5) is 24.3. The summed E-state index contributed by atoms with van der Waals surface area (Å²) in [6.45, 7) is -0.0868. The SMILES string of the molecule is Nc1cccc(C(=O)O)c1N1CC(CS(=O)(=O)F)CC1=O. The molecule has 1 unspecified atom stereocenters. The van der Waals surface area contributed by atoms with E-state index in [1.165, 1.54) is 18.2 Å². The quantitative estimate of drug-likeness (QED) is 0.621. The zero-order valence-electron chi connectivity index (χ0n) is 10.8. The molecule has 9 heteroatoms. The van der Waals surface area contributed by atoms with E-state index in [1.807, 2.05) is 0 Å². The van der Waals surface area contributed by atoms with E-state index in [4.69, 9.17) is 10.8 Å². The monoisotopic (exact) mass is 316 g/mol. The van der Waals surface area contributed by atoms with Gasteiger partial charge < -0.3 is 15.7 Å². The van der Waals surface area contributed by atoms with Gasteiger partial charge in [0.25, 0.3) is 0 Å². The molecule has 1 aromatic rings. The third-order valence-electron chi connectivity index (χ3n) is 3.21. The molecule has 0 bridgehead atoms. The highest BCUT2D eigenvalue weighted by atomic mass is 32.3. The number of nitrogen functional groups attached to an aromatic ring is 1. The smallest absolute Gasteiger partial charge is 0.337 e. The number of carboxylic acid groups (broad SMARTS) is 1. The number of para-hydroxylation sites is 1. The first kappa shape index (κ1) is 15.2. The van der Waals surface area contributed by atoms with Gasteiger partial charge in [0, 0.05) is 18.9 Å². The van der Waals surface area contributed by atoms with Crippen molar-refractivity contribution < 1.29 is 27.0 Å². The Hall–Kier alpha value is -2.16. The Labute approximate surface area is 120 Å². The van der Waals surface area contributed by atoms with Gasteiger partial charge in [0.1, 0.15) is 0 Å². The summed E-state index contributed by atoms with van der Waals surface area (Å²) in [6.07, 6.45) is -0.170. The largest absolute Gasteiger partial charge is 0.478 e. The number of rotatable bonds is 4. The third kappa shape index (κ3) is 3.30. The molecule has 1 atom stereocenters. The molecule has 114 valence electrons. The molecule has 1 aliphatic heterocycles. The van der Waals surface area contributed by atoms with Crippen LogP contribution in [0, 0.1) is 5.92 Å². The molecule has 3 N–H and O–H groups in total. The maximum atomic E-state index is 12.7. The molecule has 0 aromatic heterocycles. The molecule has 7 nitrogen and oxygen atoms in total. The van der Waals surface area contributed by atoms with E-state index >= 15 is 0 Å². The number of anilines is 2. The maximum Gasteiger partial charge on any atom is 0.337 e. The van der Waals surface area contributed by atoms with Crippen LogP contribution in [0.25, 0.3) is 0 Å². The van der Waals surface area contributed by atoms with Crippen LogP contribution in [-0.2, 0) is 15.0 Å². The van der Waals surface area contributed by atoms with Crippen molar-refractivity contribution in [1.82, 2.24) is 0 Å². The topological polar surface area (TPSA) is 118 Å². The van der Waals surface area contributed by atoms with Crippen LogP contribution in [-0.4, -0.2) is 37.7 Å². The molecule has 1 saturated heterocycles. The Morgan fingerprint density at radius 1 is 1.48 bits per heavy atom. The predicted octanol–water partition coefficient (Wildman–Crippen LogP) is 0.619. The number of hydrogen-bond donors (Lipinski definition) is 2. The summed E-state index contributed by atoms with van der Waals surface area (Å²) in [6, 6.07) is 4.17. The minimum atomic E-state index is -4.70. The molecule has 1 amide bonds. The van der Waals surface area contributed by atoms with E-state index < -0.39 is 33.8 Å². The van der Waals surface area contributed by atoms with Crippen molar-refractivity contribution in [2.45, 2.75) is 6.42 Å². The average molecular weight is 316 g/mol. The number of halogens is 1. The summed E-state index contributed by atoms with van der Waals surface area (Å²) in [5.41, 5.74) is 5.68. The number of aromatic carboxylic acids is 1. The van der Waals surface area contributed by atoms with E-state index in [0.717, 1.165) is 4.90 Å². The van der Waals surface area contributed by atoms with Crippen LogP contribution < -0.4 is 10.6 Å². The molecule has 0 radical (unpaired) electrons. The number of hydrogen-bond acceptors (Lipinski definition) is 5. The van der Waals surface area contributed by atoms with Gasteiger partial charge in [0.05, 0.1) is 22.7 Å². The van der Waals surface area contributed by atoms with Crippen molar-refractivity contribution >= 4 is 33.5 Å². The molecule has 1 heterocycles. The van der Waals surface area contributed by atoms with Crippen LogP contribution in [0.15, 0.2) is 18.2 Å². The zero-order chi connectivity index (χ0) is 15.8. The highest BCUT2D eigenvalue weighted by Crippen LogP contribution is 2.33. The van der Waals surface area contributed by atoms with Gasteiger partial charge in [-0.3, -0.25) is 4.79 Å². The van der Waals surface area contributed by atoms with Crippen LogP contribution in [0.3, 0.4) is 0 Å². The molecular weight excluding hydrogens is 303 g/mol. The fraction of sp³-hybridized carbons (Fsp3) is 0.333. The molecule has 2 rings (SSSR count). The van der Waals surface area contributed by atoms with Gasteiger partial charge in [-0.05, 0) is 12.1 Å². The van der Waals surface area contributed by atoms with Crippen molar-refractivity contribution in [3.05, 3.63) is 23.8 Å². The zero-order valence-corrected chi connectivity index (χ0v) is 11.6. The summed E-state index contributed by atoms with van der Waals surface area (Å²) in [5, 5.41) is 9.14. The highest BCUT2D eigenvalue weighted by Gasteiger charge is 2.36. The number of carbonyl (C=O) groups excluding carboxylic acids is 1. The normalized spacial score (nSPS) is 19.0. The molecule has 1 aliphatic rings. The second kappa shape index (κ2) is 5.32. The van der Waals surface area contributed by atoms with Crippen molar-refractivity contribution in [3.63, 3.8) is 0 Å². The lowest BCUT2D eigenvalue weighted by molar-refractivity contribution is -0.117. The summed E-state index contributed by atoms with van der Waals surface area (Å²) in [5.74, 6) is -3.24.